The number of carbonyl (C=O) groups excluding carboxylic acids is 1. The average Bonchev–Trinajstić information content (AvgIpc) is 2.63. The topological polar surface area (TPSA) is 64.4 Å². The molecule has 1 fully saturated rings. The van der Waals surface area contributed by atoms with Gasteiger partial charge in [-0.1, -0.05) is 0 Å². The average molecular weight is 222 g/mol. The summed E-state index contributed by atoms with van der Waals surface area (Å²) >= 11 is 0. The third-order valence-corrected chi connectivity index (χ3v) is 2.51. The van der Waals surface area contributed by atoms with Crippen LogP contribution in [-0.4, -0.2) is 37.1 Å². The number of ether oxygens (including phenoxy) is 1. The summed E-state index contributed by atoms with van der Waals surface area (Å²) < 4.78 is 30.7. The number of carbonyl (C=O) groups is 1. The molecule has 1 amide bonds. The molecule has 0 bridgehead atoms. The van der Waals surface area contributed by atoms with Gasteiger partial charge in [0.2, 0.25) is 0 Å². The largest absolute Gasteiger partial charge is 0.365 e. The smallest absolute Gasteiger partial charge is 0.277 e. The number of alkyl halides is 2. The van der Waals surface area contributed by atoms with Gasteiger partial charge < -0.3 is 15.8 Å². The highest BCUT2D eigenvalue weighted by atomic mass is 19.3. The summed E-state index contributed by atoms with van der Waals surface area (Å²) in [5, 5.41) is 2.16. The van der Waals surface area contributed by atoms with Gasteiger partial charge in [-0.2, -0.15) is 0 Å². The molecular formula is C9H16F2N2O2. The van der Waals surface area contributed by atoms with Crippen molar-refractivity contribution in [3.8, 4) is 0 Å². The van der Waals surface area contributed by atoms with Gasteiger partial charge in [0, 0.05) is 6.61 Å². The fraction of sp³-hybridized carbons (Fsp3) is 0.889. The van der Waals surface area contributed by atoms with E-state index in [9.17, 15) is 13.6 Å². The zero-order chi connectivity index (χ0) is 11.5. The minimum atomic E-state index is -3.05. The summed E-state index contributed by atoms with van der Waals surface area (Å²) in [5.41, 5.74) is 3.89. The maximum atomic E-state index is 12.7. The van der Waals surface area contributed by atoms with E-state index < -0.39 is 30.5 Å². The van der Waals surface area contributed by atoms with Gasteiger partial charge in [0.05, 0.1) is 13.1 Å². The summed E-state index contributed by atoms with van der Waals surface area (Å²) in [6, 6.07) is 0. The number of halogens is 2. The standard InChI is InChI=1S/C9H16F2N2O2/c1-8(3-2-4-15-8)7(14)13-6-9(10,11)5-12/h2-6,12H2,1H3,(H,13,14). The first-order valence-corrected chi connectivity index (χ1v) is 4.90. The zero-order valence-electron chi connectivity index (χ0n) is 8.69. The molecule has 0 aliphatic carbocycles. The molecule has 0 aromatic carbocycles. The Morgan fingerprint density at radius 1 is 1.67 bits per heavy atom. The lowest BCUT2D eigenvalue weighted by atomic mass is 10.0. The van der Waals surface area contributed by atoms with Gasteiger partial charge in [0.25, 0.3) is 11.8 Å². The first-order valence-electron chi connectivity index (χ1n) is 4.90. The van der Waals surface area contributed by atoms with Crippen molar-refractivity contribution in [2.24, 2.45) is 5.73 Å². The molecule has 6 heteroatoms. The van der Waals surface area contributed by atoms with Gasteiger partial charge in [-0.15, -0.1) is 0 Å². The molecule has 1 saturated heterocycles. The monoisotopic (exact) mass is 222 g/mol. The summed E-state index contributed by atoms with van der Waals surface area (Å²) in [6.07, 6.45) is 1.34. The van der Waals surface area contributed by atoms with Crippen LogP contribution in [0.2, 0.25) is 0 Å². The molecule has 0 aromatic rings. The molecule has 0 saturated carbocycles. The number of nitrogens with one attached hydrogen (secondary N) is 1. The highest BCUT2D eigenvalue weighted by molar-refractivity contribution is 5.85. The molecule has 3 N–H and O–H groups in total. The van der Waals surface area contributed by atoms with Crippen LogP contribution in [0.15, 0.2) is 0 Å². The van der Waals surface area contributed by atoms with Crippen LogP contribution in [-0.2, 0) is 9.53 Å². The van der Waals surface area contributed by atoms with Crippen LogP contribution in [0, 0.1) is 0 Å². The Morgan fingerprint density at radius 2 is 2.33 bits per heavy atom. The lowest BCUT2D eigenvalue weighted by Crippen LogP contribution is -2.49. The van der Waals surface area contributed by atoms with Gasteiger partial charge in [-0.3, -0.25) is 4.79 Å². The van der Waals surface area contributed by atoms with Crippen LogP contribution in [0.5, 0.6) is 0 Å². The summed E-state index contributed by atoms with van der Waals surface area (Å²) in [5.74, 6) is -3.54. The van der Waals surface area contributed by atoms with E-state index in [0.29, 0.717) is 13.0 Å². The van der Waals surface area contributed by atoms with E-state index in [0.717, 1.165) is 6.42 Å². The molecule has 4 nitrogen and oxygen atoms in total. The van der Waals surface area contributed by atoms with Crippen LogP contribution in [0.1, 0.15) is 19.8 Å². The van der Waals surface area contributed by atoms with Crippen molar-refractivity contribution in [3.05, 3.63) is 0 Å². The van der Waals surface area contributed by atoms with Crippen LogP contribution in [0.25, 0.3) is 0 Å². The van der Waals surface area contributed by atoms with Crippen molar-refractivity contribution in [2.75, 3.05) is 19.7 Å². The SMILES string of the molecule is CC1(C(=O)NCC(F)(F)CN)CCCO1. The predicted octanol–water partition coefficient (Wildman–Crippen LogP) is 0.266. The fourth-order valence-corrected chi connectivity index (χ4v) is 1.43. The number of hydrogen-bond donors (Lipinski definition) is 2. The Labute approximate surface area is 87.1 Å². The Morgan fingerprint density at radius 3 is 2.80 bits per heavy atom. The Balaban J connectivity index is 2.42. The summed E-state index contributed by atoms with van der Waals surface area (Å²) in [4.78, 5) is 11.5. The third-order valence-electron chi connectivity index (χ3n) is 2.51. The maximum Gasteiger partial charge on any atom is 0.277 e. The quantitative estimate of drug-likeness (QED) is 0.717. The predicted molar refractivity (Wildman–Crippen MR) is 50.6 cm³/mol. The second-order valence-electron chi connectivity index (χ2n) is 3.93. The number of rotatable bonds is 4. The molecule has 1 rings (SSSR count). The van der Waals surface area contributed by atoms with E-state index in [2.05, 4.69) is 5.32 Å². The maximum absolute atomic E-state index is 12.7. The lowest BCUT2D eigenvalue weighted by molar-refractivity contribution is -0.141. The summed E-state index contributed by atoms with van der Waals surface area (Å²) in [6.45, 7) is 0.596. The summed E-state index contributed by atoms with van der Waals surface area (Å²) in [7, 11) is 0. The van der Waals surface area contributed by atoms with Crippen LogP contribution >= 0.6 is 0 Å². The van der Waals surface area contributed by atoms with E-state index >= 15 is 0 Å². The van der Waals surface area contributed by atoms with Crippen LogP contribution in [0.3, 0.4) is 0 Å². The minimum Gasteiger partial charge on any atom is -0.365 e. The van der Waals surface area contributed by atoms with Gasteiger partial charge >= 0.3 is 0 Å². The molecule has 1 unspecified atom stereocenters. The minimum absolute atomic E-state index is 0.492. The molecule has 0 aromatic heterocycles. The van der Waals surface area contributed by atoms with Gasteiger partial charge in [-0.05, 0) is 19.8 Å². The molecule has 88 valence electrons. The lowest BCUT2D eigenvalue weighted by Gasteiger charge is -2.23. The van der Waals surface area contributed by atoms with Gasteiger partial charge in [0.15, 0.2) is 0 Å². The van der Waals surface area contributed by atoms with Crippen molar-refractivity contribution in [2.45, 2.75) is 31.3 Å². The highest BCUT2D eigenvalue weighted by Gasteiger charge is 2.39. The second-order valence-corrected chi connectivity index (χ2v) is 3.93. The van der Waals surface area contributed by atoms with Gasteiger partial charge in [0.1, 0.15) is 5.60 Å². The zero-order valence-corrected chi connectivity index (χ0v) is 8.69. The first kappa shape index (κ1) is 12.3. The number of hydrogen-bond acceptors (Lipinski definition) is 3. The molecule has 1 heterocycles. The van der Waals surface area contributed by atoms with Crippen molar-refractivity contribution in [3.63, 3.8) is 0 Å². The molecule has 1 aliphatic rings. The fourth-order valence-electron chi connectivity index (χ4n) is 1.43. The van der Waals surface area contributed by atoms with E-state index in [1.165, 1.54) is 0 Å². The van der Waals surface area contributed by atoms with Crippen molar-refractivity contribution < 1.29 is 18.3 Å². The van der Waals surface area contributed by atoms with E-state index in [1.807, 2.05) is 0 Å². The van der Waals surface area contributed by atoms with Crippen molar-refractivity contribution in [1.29, 1.82) is 0 Å². The van der Waals surface area contributed by atoms with Gasteiger partial charge in [-0.25, -0.2) is 8.78 Å². The Bertz CT molecular complexity index is 240. The number of nitrogens with two attached hydrogens (primary N) is 1. The molecule has 1 aliphatic heterocycles. The first-order chi connectivity index (χ1) is 6.90. The molecule has 1 atom stereocenters. The van der Waals surface area contributed by atoms with Crippen LogP contribution < -0.4 is 11.1 Å². The number of amides is 1. The van der Waals surface area contributed by atoms with Crippen LogP contribution in [0.4, 0.5) is 8.78 Å². The van der Waals surface area contributed by atoms with E-state index in [1.54, 1.807) is 6.92 Å². The van der Waals surface area contributed by atoms with Crippen molar-refractivity contribution in [1.82, 2.24) is 5.32 Å². The van der Waals surface area contributed by atoms with E-state index in [-0.39, 0.29) is 0 Å². The Kier molecular flexibility index (Phi) is 3.62. The van der Waals surface area contributed by atoms with Crippen molar-refractivity contribution >= 4 is 5.91 Å². The molecule has 0 spiro atoms. The van der Waals surface area contributed by atoms with E-state index in [4.69, 9.17) is 10.5 Å². The third kappa shape index (κ3) is 3.10. The second kappa shape index (κ2) is 4.40. The normalized spacial score (nSPS) is 26.7. The molecule has 0 radical (unpaired) electrons. The Hall–Kier alpha value is -0.750. The molecular weight excluding hydrogens is 206 g/mol. The molecule has 15 heavy (non-hydrogen) atoms. The highest BCUT2D eigenvalue weighted by Crippen LogP contribution is 2.25.